The fraction of sp³-hybridized carbons (Fsp3) is 0.692. The lowest BCUT2D eigenvalue weighted by Gasteiger charge is -2.37. The summed E-state index contributed by atoms with van der Waals surface area (Å²) in [6.07, 6.45) is 4.01. The Morgan fingerprint density at radius 1 is 1.35 bits per heavy atom. The van der Waals surface area contributed by atoms with Gasteiger partial charge in [-0.3, -0.25) is 9.69 Å². The van der Waals surface area contributed by atoms with E-state index in [9.17, 15) is 9.59 Å². The molecular formula is C13H21NO3. The van der Waals surface area contributed by atoms with Crippen LogP contribution in [0.3, 0.4) is 0 Å². The molecule has 1 rings (SSSR count). The minimum Gasteiger partial charge on any atom is -0.444 e. The minimum absolute atomic E-state index is 0.00735. The number of ketones is 1. The number of carbonyl (C=O) groups excluding carboxylic acids is 2. The largest absolute Gasteiger partial charge is 0.444 e. The normalized spacial score (nSPS) is 24.6. The average Bonchev–Trinajstić information content (AvgIpc) is 2.13. The average molecular weight is 239 g/mol. The molecule has 0 unspecified atom stereocenters. The summed E-state index contributed by atoms with van der Waals surface area (Å²) in [6, 6.07) is -0.502. The molecular weight excluding hydrogens is 218 g/mol. The van der Waals surface area contributed by atoms with Gasteiger partial charge >= 0.3 is 6.09 Å². The third-order valence-corrected chi connectivity index (χ3v) is 2.62. The van der Waals surface area contributed by atoms with Gasteiger partial charge < -0.3 is 4.74 Å². The molecule has 1 amide bonds. The Morgan fingerprint density at radius 2 is 1.94 bits per heavy atom. The molecule has 4 nitrogen and oxygen atoms in total. The second-order valence-electron chi connectivity index (χ2n) is 5.42. The van der Waals surface area contributed by atoms with Crippen molar-refractivity contribution in [1.29, 1.82) is 0 Å². The molecule has 2 atom stereocenters. The van der Waals surface area contributed by atoms with E-state index in [4.69, 9.17) is 4.74 Å². The second-order valence-corrected chi connectivity index (χ2v) is 5.42. The van der Waals surface area contributed by atoms with Gasteiger partial charge in [-0.05, 0) is 41.0 Å². The first-order valence-corrected chi connectivity index (χ1v) is 5.91. The van der Waals surface area contributed by atoms with Crippen LogP contribution in [0, 0.1) is 0 Å². The monoisotopic (exact) mass is 239 g/mol. The topological polar surface area (TPSA) is 46.6 Å². The summed E-state index contributed by atoms with van der Waals surface area (Å²) < 4.78 is 5.33. The molecule has 0 N–H and O–H groups in total. The van der Waals surface area contributed by atoms with E-state index < -0.39 is 17.7 Å². The van der Waals surface area contributed by atoms with Crippen LogP contribution in [0.5, 0.6) is 0 Å². The minimum atomic E-state index is -0.542. The van der Waals surface area contributed by atoms with Crippen LogP contribution >= 0.6 is 0 Å². The van der Waals surface area contributed by atoms with Gasteiger partial charge in [0.1, 0.15) is 5.60 Å². The van der Waals surface area contributed by atoms with E-state index in [2.05, 4.69) is 0 Å². The smallest absolute Gasteiger partial charge is 0.411 e. The zero-order valence-corrected chi connectivity index (χ0v) is 11.2. The molecule has 0 saturated carbocycles. The first kappa shape index (κ1) is 13.7. The van der Waals surface area contributed by atoms with Crippen LogP contribution in [0.1, 0.15) is 41.0 Å². The molecule has 1 aliphatic heterocycles. The second kappa shape index (κ2) is 4.90. The summed E-state index contributed by atoms with van der Waals surface area (Å²) in [5.41, 5.74) is -0.542. The Kier molecular flexibility index (Phi) is 3.96. The van der Waals surface area contributed by atoms with Crippen LogP contribution in [0.2, 0.25) is 0 Å². The van der Waals surface area contributed by atoms with Crippen LogP contribution in [-0.2, 0) is 9.53 Å². The van der Waals surface area contributed by atoms with Crippen molar-refractivity contribution in [3.63, 3.8) is 0 Å². The predicted molar refractivity (Wildman–Crippen MR) is 65.8 cm³/mol. The molecule has 1 aliphatic rings. The first-order chi connectivity index (χ1) is 7.72. The van der Waals surface area contributed by atoms with E-state index in [1.807, 2.05) is 39.8 Å². The third kappa shape index (κ3) is 3.58. The zero-order valence-electron chi connectivity index (χ0n) is 11.2. The van der Waals surface area contributed by atoms with E-state index in [0.29, 0.717) is 6.42 Å². The quantitative estimate of drug-likeness (QED) is 0.660. The highest BCUT2D eigenvalue weighted by Crippen LogP contribution is 2.21. The Hall–Kier alpha value is -1.32. The van der Waals surface area contributed by atoms with E-state index >= 15 is 0 Å². The van der Waals surface area contributed by atoms with E-state index in [1.54, 1.807) is 0 Å². The number of amides is 1. The van der Waals surface area contributed by atoms with Crippen LogP contribution in [0.25, 0.3) is 0 Å². The maximum atomic E-state index is 12.1. The molecule has 96 valence electrons. The first-order valence-electron chi connectivity index (χ1n) is 5.91. The zero-order chi connectivity index (χ0) is 13.2. The van der Waals surface area contributed by atoms with Gasteiger partial charge in [-0.25, -0.2) is 4.79 Å². The molecule has 0 spiro atoms. The number of nitrogens with zero attached hydrogens (tertiary/aromatic N) is 1. The molecule has 17 heavy (non-hydrogen) atoms. The summed E-state index contributed by atoms with van der Waals surface area (Å²) in [7, 11) is 0. The molecule has 0 aliphatic carbocycles. The fourth-order valence-corrected chi connectivity index (χ4v) is 1.86. The van der Waals surface area contributed by atoms with E-state index in [-0.39, 0.29) is 11.8 Å². The number of carbonyl (C=O) groups is 2. The Balaban J connectivity index is 2.87. The molecule has 0 aromatic carbocycles. The summed E-state index contributed by atoms with van der Waals surface area (Å²) in [5.74, 6) is -0.00735. The van der Waals surface area contributed by atoms with Crippen molar-refractivity contribution in [2.75, 3.05) is 0 Å². The summed E-state index contributed by atoms with van der Waals surface area (Å²) in [6.45, 7) is 8.85. The van der Waals surface area contributed by atoms with E-state index in [0.717, 1.165) is 0 Å². The molecule has 0 saturated heterocycles. The number of hydrogen-bond acceptors (Lipinski definition) is 3. The third-order valence-electron chi connectivity index (χ3n) is 2.62. The Bertz CT molecular complexity index is 341. The van der Waals surface area contributed by atoms with Gasteiger partial charge in [-0.1, -0.05) is 12.2 Å². The van der Waals surface area contributed by atoms with Crippen molar-refractivity contribution < 1.29 is 14.3 Å². The maximum absolute atomic E-state index is 12.1. The van der Waals surface area contributed by atoms with Gasteiger partial charge in [0.2, 0.25) is 0 Å². The molecule has 0 radical (unpaired) electrons. The van der Waals surface area contributed by atoms with Gasteiger partial charge in [0.25, 0.3) is 0 Å². The fourth-order valence-electron chi connectivity index (χ4n) is 1.86. The predicted octanol–water partition coefficient (Wildman–Crippen LogP) is 2.53. The highest BCUT2D eigenvalue weighted by molar-refractivity contribution is 5.86. The van der Waals surface area contributed by atoms with Crippen molar-refractivity contribution in [3.8, 4) is 0 Å². The van der Waals surface area contributed by atoms with Gasteiger partial charge in [0.15, 0.2) is 5.78 Å². The number of rotatable bonds is 1. The van der Waals surface area contributed by atoms with Crippen molar-refractivity contribution in [1.82, 2.24) is 4.90 Å². The summed E-state index contributed by atoms with van der Waals surface area (Å²) >= 11 is 0. The van der Waals surface area contributed by atoms with Crippen LogP contribution in [0.15, 0.2) is 12.2 Å². The number of hydrogen-bond donors (Lipinski definition) is 0. The van der Waals surface area contributed by atoms with Gasteiger partial charge in [0, 0.05) is 0 Å². The highest BCUT2D eigenvalue weighted by Gasteiger charge is 2.34. The molecule has 0 fully saturated rings. The van der Waals surface area contributed by atoms with Crippen molar-refractivity contribution in [2.45, 2.75) is 58.7 Å². The summed E-state index contributed by atoms with van der Waals surface area (Å²) in [5, 5.41) is 0. The lowest BCUT2D eigenvalue weighted by molar-refractivity contribution is -0.122. The van der Waals surface area contributed by atoms with E-state index in [1.165, 1.54) is 11.8 Å². The standard InChI is InChI=1S/C13H21NO3/c1-9-7-6-8-11(10(2)15)14(9)12(16)17-13(3,4)5/h6-7,9,11H,8H2,1-5H3/t9-,11-/m0/s1. The van der Waals surface area contributed by atoms with Crippen molar-refractivity contribution in [3.05, 3.63) is 12.2 Å². The van der Waals surface area contributed by atoms with Gasteiger partial charge in [-0.15, -0.1) is 0 Å². The molecule has 1 heterocycles. The van der Waals surface area contributed by atoms with Gasteiger partial charge in [-0.2, -0.15) is 0 Å². The summed E-state index contributed by atoms with van der Waals surface area (Å²) in [4.78, 5) is 25.1. The van der Waals surface area contributed by atoms with Gasteiger partial charge in [0.05, 0.1) is 12.1 Å². The molecule has 0 bridgehead atoms. The molecule has 4 heteroatoms. The molecule has 0 aromatic heterocycles. The Labute approximate surface area is 103 Å². The van der Waals surface area contributed by atoms with Crippen molar-refractivity contribution in [2.24, 2.45) is 0 Å². The lowest BCUT2D eigenvalue weighted by Crippen LogP contribution is -2.51. The SMILES string of the molecule is CC(=O)[C@@H]1CC=C[C@H](C)N1C(=O)OC(C)(C)C. The lowest BCUT2D eigenvalue weighted by atomic mass is 10.0. The molecule has 0 aromatic rings. The highest BCUT2D eigenvalue weighted by atomic mass is 16.6. The van der Waals surface area contributed by atoms with Crippen LogP contribution in [0.4, 0.5) is 4.79 Å². The maximum Gasteiger partial charge on any atom is 0.411 e. The number of Topliss-reactive ketones (excluding diaryl/α,β-unsaturated/α-hetero) is 1. The Morgan fingerprint density at radius 3 is 2.41 bits per heavy atom. The number of ether oxygens (including phenoxy) is 1. The van der Waals surface area contributed by atoms with Crippen LogP contribution < -0.4 is 0 Å². The van der Waals surface area contributed by atoms with Crippen molar-refractivity contribution >= 4 is 11.9 Å². The van der Waals surface area contributed by atoms with Crippen LogP contribution in [-0.4, -0.2) is 34.5 Å².